The molecule has 0 bridgehead atoms. The van der Waals surface area contributed by atoms with Crippen molar-refractivity contribution in [3.05, 3.63) is 0 Å². The highest BCUT2D eigenvalue weighted by molar-refractivity contribution is 5.71. The van der Waals surface area contributed by atoms with Crippen LogP contribution in [0.25, 0.3) is 0 Å². The zero-order valence-electron chi connectivity index (χ0n) is 21.7. The first kappa shape index (κ1) is 30.3. The smallest absolute Gasteiger partial charge is 0.459 e. The summed E-state index contributed by atoms with van der Waals surface area (Å²) in [6.07, 6.45) is 1.51. The molecule has 4 unspecified atom stereocenters. The second-order valence-electron chi connectivity index (χ2n) is 9.90. The standard InChI is InChI=1S/C24H45NO7/c1-11-23(9,31-20(6)26)14-18(4)29-21(27)32-24(10,16-25)15-19(5)30-22(7,8)12-13-28-17(2)3/h16-19,25H,11-15H2,1-10H3. The number of hydrogen-bond acceptors (Lipinski definition) is 8. The van der Waals surface area contributed by atoms with E-state index in [-0.39, 0.29) is 18.2 Å². The van der Waals surface area contributed by atoms with Gasteiger partial charge in [-0.2, -0.15) is 0 Å². The molecule has 0 saturated heterocycles. The van der Waals surface area contributed by atoms with Crippen LogP contribution in [-0.2, 0) is 28.5 Å². The molecule has 0 rings (SSSR count). The molecule has 188 valence electrons. The van der Waals surface area contributed by atoms with E-state index in [1.165, 1.54) is 6.92 Å². The quantitative estimate of drug-likeness (QED) is 0.256. The van der Waals surface area contributed by atoms with Crippen LogP contribution >= 0.6 is 0 Å². The van der Waals surface area contributed by atoms with Gasteiger partial charge in [-0.15, -0.1) is 0 Å². The van der Waals surface area contributed by atoms with E-state index in [1.54, 1.807) is 20.8 Å². The van der Waals surface area contributed by atoms with Crippen molar-refractivity contribution < 1.29 is 33.3 Å². The lowest BCUT2D eigenvalue weighted by Crippen LogP contribution is -2.41. The highest BCUT2D eigenvalue weighted by atomic mass is 16.7. The molecule has 0 aromatic rings. The first-order chi connectivity index (χ1) is 14.6. The van der Waals surface area contributed by atoms with Crippen molar-refractivity contribution in [3.8, 4) is 0 Å². The third-order valence-corrected chi connectivity index (χ3v) is 5.14. The van der Waals surface area contributed by atoms with E-state index in [9.17, 15) is 9.59 Å². The van der Waals surface area contributed by atoms with Crippen LogP contribution in [0, 0.1) is 5.41 Å². The van der Waals surface area contributed by atoms with Gasteiger partial charge in [-0.3, -0.25) is 4.79 Å². The number of ether oxygens (including phenoxy) is 5. The van der Waals surface area contributed by atoms with Crippen molar-refractivity contribution in [2.24, 2.45) is 0 Å². The predicted octanol–water partition coefficient (Wildman–Crippen LogP) is 5.45. The Kier molecular flexibility index (Phi) is 12.5. The molecule has 0 aliphatic rings. The Bertz CT molecular complexity index is 607. The number of nitrogens with one attached hydrogen (secondary N) is 1. The van der Waals surface area contributed by atoms with E-state index in [1.807, 2.05) is 41.5 Å². The Balaban J connectivity index is 4.81. The van der Waals surface area contributed by atoms with Crippen LogP contribution in [0.2, 0.25) is 0 Å². The molecule has 8 nitrogen and oxygen atoms in total. The Labute approximate surface area is 194 Å². The first-order valence-electron chi connectivity index (χ1n) is 11.5. The van der Waals surface area contributed by atoms with Crippen LogP contribution in [0.15, 0.2) is 0 Å². The first-order valence-corrected chi connectivity index (χ1v) is 11.5. The molecule has 0 saturated carbocycles. The van der Waals surface area contributed by atoms with Gasteiger partial charge in [0.15, 0.2) is 0 Å². The maximum Gasteiger partial charge on any atom is 0.509 e. The average molecular weight is 460 g/mol. The summed E-state index contributed by atoms with van der Waals surface area (Å²) >= 11 is 0. The Hall–Kier alpha value is -1.67. The molecule has 0 amide bonds. The monoisotopic (exact) mass is 459 g/mol. The highest BCUT2D eigenvalue weighted by Gasteiger charge is 2.34. The molecule has 4 atom stereocenters. The van der Waals surface area contributed by atoms with Crippen molar-refractivity contribution in [3.63, 3.8) is 0 Å². The molecular weight excluding hydrogens is 414 g/mol. The molecule has 0 aliphatic carbocycles. The van der Waals surface area contributed by atoms with Gasteiger partial charge in [0.1, 0.15) is 17.3 Å². The Morgan fingerprint density at radius 2 is 1.56 bits per heavy atom. The fourth-order valence-corrected chi connectivity index (χ4v) is 3.52. The van der Waals surface area contributed by atoms with Gasteiger partial charge >= 0.3 is 12.1 Å². The second-order valence-corrected chi connectivity index (χ2v) is 9.90. The molecule has 0 aliphatic heterocycles. The van der Waals surface area contributed by atoms with Crippen LogP contribution in [0.4, 0.5) is 4.79 Å². The van der Waals surface area contributed by atoms with Crippen LogP contribution in [0.5, 0.6) is 0 Å². The number of hydrogen-bond donors (Lipinski definition) is 1. The van der Waals surface area contributed by atoms with Gasteiger partial charge in [-0.05, 0) is 68.2 Å². The number of rotatable bonds is 15. The lowest BCUT2D eigenvalue weighted by atomic mass is 9.95. The van der Waals surface area contributed by atoms with Gasteiger partial charge in [0.2, 0.25) is 0 Å². The molecule has 0 fully saturated rings. The van der Waals surface area contributed by atoms with E-state index >= 15 is 0 Å². The molecule has 1 N–H and O–H groups in total. The van der Waals surface area contributed by atoms with Crippen molar-refractivity contribution >= 4 is 18.3 Å². The van der Waals surface area contributed by atoms with Gasteiger partial charge < -0.3 is 29.1 Å². The minimum absolute atomic E-state index is 0.162. The molecule has 0 spiro atoms. The summed E-state index contributed by atoms with van der Waals surface area (Å²) in [7, 11) is 0. The SMILES string of the molecule is CCC(C)(CC(C)OC(=O)OC(C)(C=N)CC(C)OC(C)(C)CCOC(C)C)OC(C)=O. The van der Waals surface area contributed by atoms with Gasteiger partial charge in [0.25, 0.3) is 0 Å². The van der Waals surface area contributed by atoms with Gasteiger partial charge in [0, 0.05) is 32.6 Å². The van der Waals surface area contributed by atoms with Crippen LogP contribution in [-0.4, -0.2) is 60.1 Å². The van der Waals surface area contributed by atoms with E-state index in [0.717, 1.165) is 12.6 Å². The van der Waals surface area contributed by atoms with Gasteiger partial charge in [-0.25, -0.2) is 4.79 Å². The summed E-state index contributed by atoms with van der Waals surface area (Å²) in [5.41, 5.74) is -2.33. The maximum atomic E-state index is 12.4. The number of carbonyl (C=O) groups excluding carboxylic acids is 2. The fraction of sp³-hybridized carbons (Fsp3) is 0.875. The molecule has 8 heteroatoms. The molecule has 0 heterocycles. The third-order valence-electron chi connectivity index (χ3n) is 5.14. The average Bonchev–Trinajstić information content (AvgIpc) is 2.58. The summed E-state index contributed by atoms with van der Waals surface area (Å²) in [5, 5.41) is 7.77. The number of esters is 1. The van der Waals surface area contributed by atoms with Gasteiger partial charge in [0.05, 0.1) is 17.8 Å². The molecule has 32 heavy (non-hydrogen) atoms. The highest BCUT2D eigenvalue weighted by Crippen LogP contribution is 2.26. The Morgan fingerprint density at radius 3 is 2.03 bits per heavy atom. The lowest BCUT2D eigenvalue weighted by molar-refractivity contribution is -0.158. The van der Waals surface area contributed by atoms with Crippen LogP contribution in [0.1, 0.15) is 94.9 Å². The maximum absolute atomic E-state index is 12.4. The van der Waals surface area contributed by atoms with Crippen molar-refractivity contribution in [2.75, 3.05) is 6.61 Å². The molecule has 0 aromatic heterocycles. The van der Waals surface area contributed by atoms with E-state index in [4.69, 9.17) is 29.1 Å². The third kappa shape index (κ3) is 13.0. The number of carbonyl (C=O) groups is 2. The Morgan fingerprint density at radius 1 is 0.969 bits per heavy atom. The van der Waals surface area contributed by atoms with E-state index < -0.39 is 29.1 Å². The second kappa shape index (κ2) is 13.1. The minimum Gasteiger partial charge on any atom is -0.459 e. The summed E-state index contributed by atoms with van der Waals surface area (Å²) in [4.78, 5) is 23.7. The van der Waals surface area contributed by atoms with Crippen molar-refractivity contribution in [1.82, 2.24) is 0 Å². The predicted molar refractivity (Wildman–Crippen MR) is 124 cm³/mol. The van der Waals surface area contributed by atoms with Crippen LogP contribution in [0.3, 0.4) is 0 Å². The van der Waals surface area contributed by atoms with Crippen molar-refractivity contribution in [1.29, 1.82) is 5.41 Å². The summed E-state index contributed by atoms with van der Waals surface area (Å²) in [6.45, 7) is 18.8. The van der Waals surface area contributed by atoms with E-state index in [2.05, 4.69) is 0 Å². The van der Waals surface area contributed by atoms with Crippen LogP contribution < -0.4 is 0 Å². The fourth-order valence-electron chi connectivity index (χ4n) is 3.52. The normalized spacial score (nSPS) is 17.6. The molecule has 0 aromatic carbocycles. The topological polar surface area (TPSA) is 104 Å². The zero-order valence-corrected chi connectivity index (χ0v) is 21.7. The van der Waals surface area contributed by atoms with E-state index in [0.29, 0.717) is 25.9 Å². The largest absolute Gasteiger partial charge is 0.509 e. The summed E-state index contributed by atoms with van der Waals surface area (Å²) < 4.78 is 27.9. The molecular formula is C24H45NO7. The lowest BCUT2D eigenvalue weighted by Gasteiger charge is -2.34. The van der Waals surface area contributed by atoms with Gasteiger partial charge in [-0.1, -0.05) is 6.92 Å². The van der Waals surface area contributed by atoms with Crippen molar-refractivity contribution in [2.45, 2.75) is 130 Å². The zero-order chi connectivity index (χ0) is 25.2. The molecule has 0 radical (unpaired) electrons. The summed E-state index contributed by atoms with van der Waals surface area (Å²) in [5.74, 6) is -0.381. The minimum atomic E-state index is -1.18. The summed E-state index contributed by atoms with van der Waals surface area (Å²) in [6, 6.07) is 0.